The Hall–Kier alpha value is -4.53. The van der Waals surface area contributed by atoms with Crippen LogP contribution in [0.4, 0.5) is 4.79 Å². The number of pyridine rings is 1. The number of hydrogen-bond acceptors (Lipinski definition) is 5. The predicted molar refractivity (Wildman–Crippen MR) is 172 cm³/mol. The number of amides is 3. The molecule has 0 spiro atoms. The smallest absolute Gasteiger partial charge is 0.320 e. The number of fused-ring (bicyclic) bond motifs is 1. The Morgan fingerprint density at radius 3 is 2.33 bits per heavy atom. The van der Waals surface area contributed by atoms with Gasteiger partial charge in [-0.05, 0) is 53.6 Å². The van der Waals surface area contributed by atoms with Gasteiger partial charge in [0.2, 0.25) is 5.91 Å². The number of β-amino-alcohol motifs (C(OH)–C–C–N with tert-alkyl or cyclic N) is 1. The van der Waals surface area contributed by atoms with Crippen LogP contribution in [0.25, 0.3) is 0 Å². The zero-order valence-corrected chi connectivity index (χ0v) is 25.3. The Kier molecular flexibility index (Phi) is 9.52. The van der Waals surface area contributed by atoms with Crippen LogP contribution in [0.5, 0.6) is 0 Å². The number of urea groups is 1. The van der Waals surface area contributed by atoms with Crippen LogP contribution in [-0.2, 0) is 30.6 Å². The number of rotatable bonds is 12. The summed E-state index contributed by atoms with van der Waals surface area (Å²) in [7, 11) is 0. The normalized spacial score (nSPS) is 20.6. The summed E-state index contributed by atoms with van der Waals surface area (Å²) < 4.78 is 0. The summed E-state index contributed by atoms with van der Waals surface area (Å²) in [6, 6.07) is 32.5. The largest absolute Gasteiger partial charge is 0.391 e. The van der Waals surface area contributed by atoms with Gasteiger partial charge in [0.25, 0.3) is 0 Å². The molecule has 2 aliphatic rings. The van der Waals surface area contributed by atoms with Crippen LogP contribution in [0.1, 0.15) is 40.4 Å². The van der Waals surface area contributed by atoms with Gasteiger partial charge in [0, 0.05) is 31.6 Å². The van der Waals surface area contributed by atoms with Gasteiger partial charge in [-0.25, -0.2) is 4.79 Å². The first-order chi connectivity index (χ1) is 21.9. The van der Waals surface area contributed by atoms with Gasteiger partial charge in [0.15, 0.2) is 0 Å². The van der Waals surface area contributed by atoms with Crippen LogP contribution in [0.3, 0.4) is 0 Å². The number of benzene rings is 3. The molecule has 3 aromatic carbocycles. The number of aromatic nitrogens is 1. The second-order valence-corrected chi connectivity index (χ2v) is 12.2. The SMILES string of the molecule is O=C(NC1c2ccccc2C[C@H]1O)[C@H](Cc1ccccc1)C[C@H](O)CN1C(=O)N(Cc2ccccn2)CC1Cc1ccccc1. The van der Waals surface area contributed by atoms with Crippen molar-refractivity contribution in [2.75, 3.05) is 13.1 Å². The number of carbonyl (C=O) groups excluding carboxylic acids is 2. The number of aliphatic hydroxyl groups excluding tert-OH is 2. The van der Waals surface area contributed by atoms with Crippen molar-refractivity contribution in [3.8, 4) is 0 Å². The molecular weight excluding hydrogens is 564 g/mol. The minimum atomic E-state index is -0.928. The molecule has 1 saturated heterocycles. The first-order valence-electron chi connectivity index (χ1n) is 15.7. The molecule has 232 valence electrons. The molecule has 0 saturated carbocycles. The van der Waals surface area contributed by atoms with Gasteiger partial charge in [0.1, 0.15) is 0 Å². The van der Waals surface area contributed by atoms with E-state index in [1.165, 1.54) is 0 Å². The molecule has 8 nitrogen and oxygen atoms in total. The summed E-state index contributed by atoms with van der Waals surface area (Å²) in [5.41, 5.74) is 4.87. The Labute approximate surface area is 264 Å². The van der Waals surface area contributed by atoms with Crippen molar-refractivity contribution in [2.45, 2.75) is 56.5 Å². The standard InChI is InChI=1S/C37H40N4O4/c42-32(25-41-31(20-27-13-5-2-6-14-27)24-40(37(41)45)23-30-16-9-10-18-38-30)21-29(19-26-11-3-1-4-12-26)36(44)39-35-33-17-8-7-15-28(33)22-34(35)43/h1-18,29,31-32,34-35,42-43H,19-25H2,(H,39,44)/t29-,31?,32+,34-,35?/m1/s1. The Morgan fingerprint density at radius 1 is 0.911 bits per heavy atom. The number of carbonyl (C=O) groups is 2. The highest BCUT2D eigenvalue weighted by Gasteiger charge is 2.39. The molecule has 45 heavy (non-hydrogen) atoms. The maximum atomic E-state index is 13.8. The fraction of sp³-hybridized carbons (Fsp3) is 0.324. The van der Waals surface area contributed by atoms with E-state index >= 15 is 0 Å². The summed E-state index contributed by atoms with van der Waals surface area (Å²) >= 11 is 0. The third-order valence-electron chi connectivity index (χ3n) is 8.94. The lowest BCUT2D eigenvalue weighted by Crippen LogP contribution is -2.44. The molecule has 2 unspecified atom stereocenters. The molecule has 5 atom stereocenters. The van der Waals surface area contributed by atoms with Gasteiger partial charge in [-0.3, -0.25) is 9.78 Å². The van der Waals surface area contributed by atoms with Gasteiger partial charge in [-0.15, -0.1) is 0 Å². The van der Waals surface area contributed by atoms with Crippen molar-refractivity contribution in [1.29, 1.82) is 0 Å². The molecule has 3 N–H and O–H groups in total. The lowest BCUT2D eigenvalue weighted by atomic mass is 9.91. The van der Waals surface area contributed by atoms with Crippen molar-refractivity contribution in [3.63, 3.8) is 0 Å². The van der Waals surface area contributed by atoms with Crippen molar-refractivity contribution in [3.05, 3.63) is 137 Å². The molecular formula is C37H40N4O4. The first-order valence-corrected chi connectivity index (χ1v) is 15.7. The molecule has 3 amide bonds. The highest BCUT2D eigenvalue weighted by Crippen LogP contribution is 2.32. The predicted octanol–water partition coefficient (Wildman–Crippen LogP) is 4.31. The summed E-state index contributed by atoms with van der Waals surface area (Å²) in [5.74, 6) is -0.777. The van der Waals surface area contributed by atoms with E-state index < -0.39 is 24.2 Å². The quantitative estimate of drug-likeness (QED) is 0.224. The van der Waals surface area contributed by atoms with E-state index in [0.29, 0.717) is 32.4 Å². The summed E-state index contributed by atoms with van der Waals surface area (Å²) in [6.07, 6.45) is 1.84. The zero-order chi connectivity index (χ0) is 31.2. The molecule has 6 rings (SSSR count). The van der Waals surface area contributed by atoms with Gasteiger partial charge in [-0.2, -0.15) is 0 Å². The molecule has 8 heteroatoms. The monoisotopic (exact) mass is 604 g/mol. The lowest BCUT2D eigenvalue weighted by Gasteiger charge is -2.28. The Balaban J connectivity index is 1.18. The van der Waals surface area contributed by atoms with Gasteiger partial charge in [-0.1, -0.05) is 91.0 Å². The molecule has 0 radical (unpaired) electrons. The molecule has 1 fully saturated rings. The third kappa shape index (κ3) is 7.41. The minimum absolute atomic E-state index is 0.114. The molecule has 1 aliphatic carbocycles. The first kappa shape index (κ1) is 30.5. The summed E-state index contributed by atoms with van der Waals surface area (Å²) in [6.45, 7) is 1.02. The lowest BCUT2D eigenvalue weighted by molar-refractivity contribution is -0.127. The number of hydrogen-bond donors (Lipinski definition) is 3. The Bertz CT molecular complexity index is 1570. The van der Waals surface area contributed by atoms with E-state index in [-0.39, 0.29) is 30.9 Å². The minimum Gasteiger partial charge on any atom is -0.391 e. The van der Waals surface area contributed by atoms with E-state index in [2.05, 4.69) is 22.4 Å². The van der Waals surface area contributed by atoms with Crippen LogP contribution >= 0.6 is 0 Å². The van der Waals surface area contributed by atoms with E-state index in [1.807, 2.05) is 91.0 Å². The maximum absolute atomic E-state index is 13.8. The van der Waals surface area contributed by atoms with Crippen LogP contribution in [0, 0.1) is 5.92 Å². The van der Waals surface area contributed by atoms with Crippen LogP contribution < -0.4 is 5.32 Å². The van der Waals surface area contributed by atoms with Crippen molar-refractivity contribution in [1.82, 2.24) is 20.1 Å². The highest BCUT2D eigenvalue weighted by molar-refractivity contribution is 5.80. The van der Waals surface area contributed by atoms with Crippen LogP contribution in [0.2, 0.25) is 0 Å². The maximum Gasteiger partial charge on any atom is 0.320 e. The third-order valence-corrected chi connectivity index (χ3v) is 8.94. The van der Waals surface area contributed by atoms with Crippen LogP contribution in [0.15, 0.2) is 109 Å². The van der Waals surface area contributed by atoms with Gasteiger partial charge >= 0.3 is 6.03 Å². The van der Waals surface area contributed by atoms with Crippen molar-refractivity contribution < 1.29 is 19.8 Å². The second kappa shape index (κ2) is 14.1. The number of nitrogens with zero attached hydrogens (tertiary/aromatic N) is 3. The average molecular weight is 605 g/mol. The molecule has 4 aromatic rings. The molecule has 0 bridgehead atoms. The van der Waals surface area contributed by atoms with Crippen LogP contribution in [-0.4, -0.2) is 68.3 Å². The number of aliphatic hydroxyl groups is 2. The summed E-state index contributed by atoms with van der Waals surface area (Å²) in [5, 5.41) is 25.4. The summed E-state index contributed by atoms with van der Waals surface area (Å²) in [4.78, 5) is 35.5. The molecule has 1 aliphatic heterocycles. The van der Waals surface area contributed by atoms with E-state index in [0.717, 1.165) is 27.9 Å². The van der Waals surface area contributed by atoms with E-state index in [4.69, 9.17) is 0 Å². The fourth-order valence-corrected chi connectivity index (χ4v) is 6.71. The van der Waals surface area contributed by atoms with Gasteiger partial charge in [0.05, 0.1) is 36.5 Å². The topological polar surface area (TPSA) is 106 Å². The fourth-order valence-electron chi connectivity index (χ4n) is 6.71. The van der Waals surface area contributed by atoms with E-state index in [1.54, 1.807) is 16.0 Å². The van der Waals surface area contributed by atoms with Crippen molar-refractivity contribution in [2.24, 2.45) is 5.92 Å². The van der Waals surface area contributed by atoms with Crippen molar-refractivity contribution >= 4 is 11.9 Å². The van der Waals surface area contributed by atoms with E-state index in [9.17, 15) is 19.8 Å². The van der Waals surface area contributed by atoms with Gasteiger partial charge < -0.3 is 25.3 Å². The molecule has 2 heterocycles. The zero-order valence-electron chi connectivity index (χ0n) is 25.3. The average Bonchev–Trinajstić information content (AvgIpc) is 3.52. The number of nitrogens with one attached hydrogen (secondary N) is 1. The second-order valence-electron chi connectivity index (χ2n) is 12.2. The Morgan fingerprint density at radius 2 is 1.60 bits per heavy atom. The molecule has 1 aromatic heterocycles. The highest BCUT2D eigenvalue weighted by atomic mass is 16.3.